The van der Waals surface area contributed by atoms with Gasteiger partial charge in [0.25, 0.3) is 0 Å². The molecular formula is C48H58BrN13O6S. The zero-order valence-corrected chi connectivity index (χ0v) is 41.9. The number of hydrogen-bond acceptors (Lipinski definition) is 15. The first-order chi connectivity index (χ1) is 33.3. The number of carbonyl (C=O) groups is 2. The molecule has 9 rings (SSSR count). The Morgan fingerprint density at radius 1 is 0.913 bits per heavy atom. The van der Waals surface area contributed by atoms with Gasteiger partial charge in [0.2, 0.25) is 27.8 Å². The lowest BCUT2D eigenvalue weighted by Crippen LogP contribution is -2.53. The smallest absolute Gasteiger partial charge is 0.329 e. The van der Waals surface area contributed by atoms with Crippen LogP contribution in [-0.4, -0.2) is 131 Å². The molecule has 3 aliphatic heterocycles. The van der Waals surface area contributed by atoms with Gasteiger partial charge in [-0.1, -0.05) is 19.1 Å². The van der Waals surface area contributed by atoms with Gasteiger partial charge >= 0.3 is 5.69 Å². The second kappa shape index (κ2) is 20.1. The van der Waals surface area contributed by atoms with Gasteiger partial charge in [0, 0.05) is 102 Å². The molecule has 3 aromatic carbocycles. The van der Waals surface area contributed by atoms with E-state index in [0.717, 1.165) is 106 Å². The van der Waals surface area contributed by atoms with Crippen LogP contribution in [0.2, 0.25) is 0 Å². The van der Waals surface area contributed by atoms with Gasteiger partial charge < -0.3 is 25.2 Å². The lowest BCUT2D eigenvalue weighted by molar-refractivity contribution is -0.135. The Kier molecular flexibility index (Phi) is 13.9. The first-order valence-electron chi connectivity index (χ1n) is 23.5. The summed E-state index contributed by atoms with van der Waals surface area (Å²) in [6, 6.07) is 13.5. The SMILES string of the molecule is CCc1cc(Nc2ncc(Br)c(Nc3ccc4nccnc4c3N(C)S(C)(=O)=O)n2)c(OC)cc1N1CCC(N2CCN(CCc3cccc4c3n(CC)c(=O)n4C3CCC(=O)NC3=O)CC2)CC1. The summed E-state index contributed by atoms with van der Waals surface area (Å²) in [5.41, 5.74) is 7.33. The van der Waals surface area contributed by atoms with Crippen molar-refractivity contribution in [3.05, 3.63) is 87.1 Å². The van der Waals surface area contributed by atoms with Crippen molar-refractivity contribution in [2.45, 2.75) is 71.0 Å². The minimum atomic E-state index is -3.65. The van der Waals surface area contributed by atoms with E-state index in [0.29, 0.717) is 63.4 Å². The third-order valence-corrected chi connectivity index (χ3v) is 15.5. The van der Waals surface area contributed by atoms with Crippen LogP contribution in [0, 0.1) is 0 Å². The summed E-state index contributed by atoms with van der Waals surface area (Å²) in [6.07, 6.45) is 10.1. The summed E-state index contributed by atoms with van der Waals surface area (Å²) in [4.78, 5) is 64.1. The Bertz CT molecular complexity index is 3090. The standard InChI is InChI=1S/C48H58BrN13O6S/c1-6-30-27-36(54-47-52-29-33(49)45(56-47)53-35-12-11-34-42(51-19-18-50-34)44(35)57(3)69(5,66)67)40(68-4)28-39(30)60-21-16-32(17-22-60)59-25-23-58(24-26-59)20-15-31-9-8-10-37-43(31)61(7-2)48(65)62(37)38-13-14-41(63)55-46(38)64/h8-12,18-19,27-29,32,38H,6-7,13-17,20-26H2,1-5H3,(H,55,63,64)(H2,52,53,54,56). The van der Waals surface area contributed by atoms with Crippen LogP contribution in [0.5, 0.6) is 5.75 Å². The fourth-order valence-electron chi connectivity index (χ4n) is 10.1. The van der Waals surface area contributed by atoms with Crippen molar-refractivity contribution in [3.8, 4) is 5.75 Å². The number of nitrogens with zero attached hydrogens (tertiary/aromatic N) is 10. The number of sulfonamides is 1. The Balaban J connectivity index is 0.826. The number of nitrogens with one attached hydrogen (secondary N) is 3. The number of carbonyl (C=O) groups excluding carboxylic acids is 2. The lowest BCUT2D eigenvalue weighted by Gasteiger charge is -2.43. The number of aromatic nitrogens is 6. The first kappa shape index (κ1) is 47.9. The fraction of sp³-hybridized carbons (Fsp3) is 0.438. The van der Waals surface area contributed by atoms with E-state index >= 15 is 0 Å². The number of rotatable bonds is 15. The van der Waals surface area contributed by atoms with Crippen molar-refractivity contribution in [3.63, 3.8) is 0 Å². The van der Waals surface area contributed by atoms with E-state index in [-0.39, 0.29) is 18.0 Å². The summed E-state index contributed by atoms with van der Waals surface area (Å²) in [5, 5.41) is 9.08. The van der Waals surface area contributed by atoms with Gasteiger partial charge in [-0.3, -0.25) is 43.2 Å². The van der Waals surface area contributed by atoms with Gasteiger partial charge in [-0.05, 0) is 90.4 Å². The highest BCUT2D eigenvalue weighted by molar-refractivity contribution is 9.10. The number of aryl methyl sites for hydroxylation is 2. The number of benzene rings is 3. The number of fused-ring (bicyclic) bond motifs is 2. The predicted octanol–water partition coefficient (Wildman–Crippen LogP) is 5.58. The molecule has 0 aliphatic carbocycles. The Labute approximate surface area is 409 Å². The largest absolute Gasteiger partial charge is 0.494 e. The normalized spacial score (nSPS) is 17.7. The highest BCUT2D eigenvalue weighted by Gasteiger charge is 2.33. The van der Waals surface area contributed by atoms with E-state index in [4.69, 9.17) is 9.72 Å². The summed E-state index contributed by atoms with van der Waals surface area (Å²) in [6.45, 7) is 11.3. The minimum Gasteiger partial charge on any atom is -0.494 e. The van der Waals surface area contributed by atoms with Gasteiger partial charge in [-0.25, -0.2) is 18.2 Å². The maximum Gasteiger partial charge on any atom is 0.329 e. The minimum absolute atomic E-state index is 0.210. The molecule has 3 fully saturated rings. The van der Waals surface area contributed by atoms with Crippen LogP contribution in [0.1, 0.15) is 56.7 Å². The molecule has 3 N–H and O–H groups in total. The van der Waals surface area contributed by atoms with Gasteiger partial charge in [-0.15, -0.1) is 0 Å². The first-order valence-corrected chi connectivity index (χ1v) is 26.1. The summed E-state index contributed by atoms with van der Waals surface area (Å²) >= 11 is 3.57. The molecule has 3 aliphatic rings. The molecule has 3 saturated heterocycles. The van der Waals surface area contributed by atoms with Crippen LogP contribution in [0.15, 0.2) is 70.3 Å². The third kappa shape index (κ3) is 9.73. The number of para-hydroxylation sites is 1. The van der Waals surface area contributed by atoms with Crippen LogP contribution in [0.4, 0.5) is 34.5 Å². The van der Waals surface area contributed by atoms with E-state index in [2.05, 4.69) is 86.7 Å². The number of piperazine rings is 1. The maximum absolute atomic E-state index is 13.7. The van der Waals surface area contributed by atoms with Crippen LogP contribution >= 0.6 is 15.9 Å². The molecule has 0 spiro atoms. The third-order valence-electron chi connectivity index (χ3n) is 13.8. The van der Waals surface area contributed by atoms with Crippen LogP contribution < -0.4 is 35.6 Å². The highest BCUT2D eigenvalue weighted by Crippen LogP contribution is 2.39. The van der Waals surface area contributed by atoms with Gasteiger partial charge in [0.15, 0.2) is 0 Å². The van der Waals surface area contributed by atoms with Crippen molar-refractivity contribution >= 4 is 94.4 Å². The lowest BCUT2D eigenvalue weighted by atomic mass is 9.99. The summed E-state index contributed by atoms with van der Waals surface area (Å²) in [5.74, 6) is 0.671. The molecule has 0 saturated carbocycles. The average molecular weight is 1030 g/mol. The molecule has 21 heteroatoms. The molecule has 69 heavy (non-hydrogen) atoms. The predicted molar refractivity (Wildman–Crippen MR) is 272 cm³/mol. The summed E-state index contributed by atoms with van der Waals surface area (Å²) in [7, 11) is -0.514. The molecule has 1 unspecified atom stereocenters. The Morgan fingerprint density at radius 2 is 1.68 bits per heavy atom. The number of imide groups is 1. The number of ether oxygens (including phenoxy) is 1. The van der Waals surface area contributed by atoms with Gasteiger partial charge in [0.1, 0.15) is 28.8 Å². The number of methoxy groups -OCH3 is 1. The quantitative estimate of drug-likeness (QED) is 0.108. The van der Waals surface area contributed by atoms with Gasteiger partial charge in [0.05, 0.1) is 45.8 Å². The number of hydrogen-bond donors (Lipinski definition) is 3. The van der Waals surface area contributed by atoms with E-state index in [1.807, 2.05) is 19.1 Å². The number of halogens is 1. The molecule has 6 aromatic rings. The fourth-order valence-corrected chi connectivity index (χ4v) is 10.9. The Morgan fingerprint density at radius 3 is 2.39 bits per heavy atom. The molecule has 6 heterocycles. The molecule has 2 amide bonds. The Hall–Kier alpha value is -6.16. The topological polar surface area (TPSA) is 205 Å². The molecule has 3 aromatic heterocycles. The number of amides is 2. The van der Waals surface area contributed by atoms with Crippen molar-refractivity contribution in [1.29, 1.82) is 0 Å². The molecule has 0 radical (unpaired) electrons. The van der Waals surface area contributed by atoms with E-state index in [1.54, 1.807) is 40.8 Å². The second-order valence-corrected chi connectivity index (χ2v) is 20.7. The summed E-state index contributed by atoms with van der Waals surface area (Å²) < 4.78 is 36.5. The molecule has 1 atom stereocenters. The zero-order chi connectivity index (χ0) is 48.6. The molecule has 19 nitrogen and oxygen atoms in total. The van der Waals surface area contributed by atoms with E-state index < -0.39 is 22.0 Å². The number of piperidine rings is 2. The van der Waals surface area contributed by atoms with Gasteiger partial charge in [-0.2, -0.15) is 4.98 Å². The average Bonchev–Trinajstić information content (AvgIpc) is 3.64. The molecule has 364 valence electrons. The van der Waals surface area contributed by atoms with Crippen LogP contribution in [-0.2, 0) is 39.0 Å². The van der Waals surface area contributed by atoms with Crippen LogP contribution in [0.25, 0.3) is 22.1 Å². The second-order valence-electron chi connectivity index (χ2n) is 17.8. The van der Waals surface area contributed by atoms with Crippen molar-refractivity contribution in [2.24, 2.45) is 0 Å². The number of imidazole rings is 1. The maximum atomic E-state index is 13.7. The van der Waals surface area contributed by atoms with E-state index in [1.165, 1.54) is 23.1 Å². The van der Waals surface area contributed by atoms with Crippen molar-refractivity contribution < 1.29 is 22.7 Å². The monoisotopic (exact) mass is 1020 g/mol. The molecule has 0 bridgehead atoms. The zero-order valence-electron chi connectivity index (χ0n) is 39.5. The van der Waals surface area contributed by atoms with E-state index in [9.17, 15) is 22.8 Å². The van der Waals surface area contributed by atoms with Crippen LogP contribution in [0.3, 0.4) is 0 Å². The van der Waals surface area contributed by atoms with Crippen molar-refractivity contribution in [1.82, 2.24) is 44.2 Å². The number of anilines is 6. The highest BCUT2D eigenvalue weighted by atomic mass is 79.9. The molecular weight excluding hydrogens is 967 g/mol. The van der Waals surface area contributed by atoms with Crippen molar-refractivity contribution in [2.75, 3.05) is 86.1 Å².